The topological polar surface area (TPSA) is 328 Å². The van der Waals surface area contributed by atoms with Gasteiger partial charge in [0.2, 0.25) is 0 Å². The van der Waals surface area contributed by atoms with Gasteiger partial charge >= 0.3 is 24.4 Å². The van der Waals surface area contributed by atoms with Crippen molar-refractivity contribution in [1.82, 2.24) is 35.6 Å². The van der Waals surface area contributed by atoms with Crippen LogP contribution in [0.15, 0.2) is 152 Å². The molecule has 7 aliphatic heterocycles. The fourth-order valence-corrected chi connectivity index (χ4v) is 16.0. The highest BCUT2D eigenvalue weighted by molar-refractivity contribution is 7.86. The second-order valence-electron chi connectivity index (χ2n) is 33.4. The van der Waals surface area contributed by atoms with E-state index in [9.17, 15) is 66.7 Å². The summed E-state index contributed by atoms with van der Waals surface area (Å²) in [5.41, 5.74) is 0. The molecule has 5 N–H and O–H groups in total. The average Bonchev–Trinajstić information content (AvgIpc) is 0.875. The molecule has 7 aromatic carbocycles. The van der Waals surface area contributed by atoms with Crippen molar-refractivity contribution in [3.63, 3.8) is 0 Å². The summed E-state index contributed by atoms with van der Waals surface area (Å²) in [6, 6.07) is 37.3. The predicted octanol–water partition coefficient (Wildman–Crippen LogP) is 19.4. The third kappa shape index (κ3) is 50.4. The monoisotopic (exact) mass is 2050 g/mol. The maximum Gasteiger partial charge on any atom is 0.409 e. The first-order valence-corrected chi connectivity index (χ1v) is 51.2. The van der Waals surface area contributed by atoms with E-state index >= 15 is 0 Å². The summed E-state index contributed by atoms with van der Waals surface area (Å²) in [5.74, 6) is -0.451. The molecule has 768 valence electrons. The number of carbonyl (C=O) groups is 4. The number of likely N-dealkylation sites (tertiary alicyclic amines) is 4. The molecule has 7 aliphatic rings. The van der Waals surface area contributed by atoms with Crippen molar-refractivity contribution in [2.75, 3.05) is 177 Å². The second-order valence-corrected chi connectivity index (χ2v) is 38.0. The maximum atomic E-state index is 13.1. The number of benzene rings is 7. The number of ether oxygens (including phenoxy) is 9. The number of piperidine rings is 7. The third-order valence-electron chi connectivity index (χ3n) is 21.8. The Balaban J connectivity index is 0.000000241. The van der Waals surface area contributed by atoms with Gasteiger partial charge in [0.15, 0.2) is 34.9 Å². The van der Waals surface area contributed by atoms with Crippen LogP contribution in [0.5, 0.6) is 40.2 Å². The maximum absolute atomic E-state index is 13.1. The molecular weight excluding hydrogens is 1910 g/mol. The van der Waals surface area contributed by atoms with Crippen molar-refractivity contribution >= 4 is 79.4 Å². The Kier molecular flexibility index (Phi) is 55.4. The third-order valence-corrected chi connectivity index (χ3v) is 23.7. The van der Waals surface area contributed by atoms with E-state index < -0.39 is 55.1 Å². The number of carbonyl (C=O) groups excluding carboxylic acids is 4. The molecule has 7 unspecified atom stereocenters. The van der Waals surface area contributed by atoms with Crippen LogP contribution < -0.4 is 39.6 Å². The number of hydrogen-bond acceptors (Lipinski definition) is 24. The van der Waals surface area contributed by atoms with E-state index in [1.807, 2.05) is 55.5 Å². The van der Waals surface area contributed by atoms with Gasteiger partial charge < -0.3 is 88.4 Å². The molecule has 7 atom stereocenters. The predicted molar refractivity (Wildman–Crippen MR) is 514 cm³/mol. The van der Waals surface area contributed by atoms with Crippen LogP contribution in [0.3, 0.4) is 0 Å². The van der Waals surface area contributed by atoms with Crippen LogP contribution in [0, 0.1) is 82.1 Å². The minimum absolute atomic E-state index is 0.0582. The average molecular weight is 2050 g/mol. The van der Waals surface area contributed by atoms with Gasteiger partial charge in [0.05, 0.1) is 85.2 Å². The molecule has 0 radical (unpaired) electrons. The van der Waals surface area contributed by atoms with Crippen molar-refractivity contribution < 1.29 is 128 Å². The Morgan fingerprint density at radius 1 is 0.333 bits per heavy atom. The number of amides is 4. The first-order chi connectivity index (χ1) is 66.1. The summed E-state index contributed by atoms with van der Waals surface area (Å²) in [6.45, 7) is 23.2. The van der Waals surface area contributed by atoms with Crippen LogP contribution in [0.25, 0.3) is 0 Å². The van der Waals surface area contributed by atoms with Gasteiger partial charge in [0, 0.05) is 153 Å². The number of phenols is 2. The van der Waals surface area contributed by atoms with Gasteiger partial charge in [-0.15, -0.1) is 0 Å². The van der Waals surface area contributed by atoms with Crippen LogP contribution in [0.2, 0.25) is 15.1 Å². The highest BCUT2D eigenvalue weighted by Crippen LogP contribution is 2.28. The highest BCUT2D eigenvalue weighted by atomic mass is 35.5. The van der Waals surface area contributed by atoms with Gasteiger partial charge in [-0.1, -0.05) is 40.9 Å². The molecule has 4 amide bonds. The second kappa shape index (κ2) is 65.3. The molecule has 7 saturated heterocycles. The molecule has 40 heteroatoms. The highest BCUT2D eigenvalue weighted by Gasteiger charge is 2.30. The number of phenolic OH excluding ortho intramolecular Hbond substituents is 2. The van der Waals surface area contributed by atoms with Crippen molar-refractivity contribution in [3.05, 3.63) is 207 Å². The molecular formula is C98H133Cl3F7N7O21S2. The smallest absolute Gasteiger partial charge is 0.409 e. The van der Waals surface area contributed by atoms with Crippen LogP contribution in [-0.4, -0.2) is 248 Å². The SMILES string of the molecule is CCOC(=O)N1CCCC(COS(C)(=O)=O)C1.CCOC(=O)N1CCCC(COS(C)(=O)=O)C1.CCOC(=O)N1CCCC(COc2ccc(Cl)cc2)C1.CCOC(=O)N1CCCC(COc2ccc(F)c(F)c2)C1.Clc1ccc(OCC2CCCNC2)cc1.Fc1ccc(OCC2CCCNC2)cc1F.Fc1cccc(OCC2CCCNC2)c1.Oc1ccc(Cl)cc1.Oc1ccc(F)c(F)c1. The number of nitrogens with one attached hydrogen (secondary N) is 3. The lowest BCUT2D eigenvalue weighted by molar-refractivity contribution is 0.0783. The molecule has 7 aromatic rings. The zero-order chi connectivity index (χ0) is 101. The van der Waals surface area contributed by atoms with Gasteiger partial charge in [-0.2, -0.15) is 16.8 Å². The fraction of sp³-hybridized carbons (Fsp3) is 0.531. The Morgan fingerprint density at radius 3 is 0.877 bits per heavy atom. The Morgan fingerprint density at radius 2 is 0.601 bits per heavy atom. The number of aromatic hydroxyl groups is 2. The molecule has 7 fully saturated rings. The van der Waals surface area contributed by atoms with Gasteiger partial charge in [0.1, 0.15) is 46.1 Å². The summed E-state index contributed by atoms with van der Waals surface area (Å²) >= 11 is 17.1. The van der Waals surface area contributed by atoms with Gasteiger partial charge in [-0.05, 0) is 259 Å². The molecule has 7 heterocycles. The molecule has 0 bridgehead atoms. The van der Waals surface area contributed by atoms with E-state index in [0.29, 0.717) is 150 Å². The number of rotatable bonds is 25. The summed E-state index contributed by atoms with van der Waals surface area (Å²) in [4.78, 5) is 53.0. The Bertz CT molecular complexity index is 4810. The molecule has 0 spiro atoms. The van der Waals surface area contributed by atoms with Crippen molar-refractivity contribution in [3.8, 4) is 40.2 Å². The van der Waals surface area contributed by atoms with E-state index in [1.165, 1.54) is 49.9 Å². The quantitative estimate of drug-likeness (QED) is 0.0202. The van der Waals surface area contributed by atoms with Crippen LogP contribution in [-0.2, 0) is 47.5 Å². The number of nitrogens with zero attached hydrogens (tertiary/aromatic N) is 4. The van der Waals surface area contributed by atoms with E-state index in [1.54, 1.807) is 76.8 Å². The minimum Gasteiger partial charge on any atom is -0.508 e. The molecule has 138 heavy (non-hydrogen) atoms. The lowest BCUT2D eigenvalue weighted by Gasteiger charge is -2.31. The minimum atomic E-state index is -3.41. The van der Waals surface area contributed by atoms with Gasteiger partial charge in [-0.25, -0.2) is 49.9 Å². The first kappa shape index (κ1) is 117. The first-order valence-electron chi connectivity index (χ1n) is 46.4. The van der Waals surface area contributed by atoms with E-state index in [-0.39, 0.29) is 72.7 Å². The van der Waals surface area contributed by atoms with Crippen molar-refractivity contribution in [1.29, 1.82) is 0 Å². The summed E-state index contributed by atoms with van der Waals surface area (Å²) in [7, 11) is -6.81. The lowest BCUT2D eigenvalue weighted by Crippen LogP contribution is -2.41. The van der Waals surface area contributed by atoms with Crippen molar-refractivity contribution in [2.24, 2.45) is 41.4 Å². The van der Waals surface area contributed by atoms with E-state index in [2.05, 4.69) is 16.0 Å². The zero-order valence-corrected chi connectivity index (χ0v) is 83.0. The van der Waals surface area contributed by atoms with Gasteiger partial charge in [0.25, 0.3) is 20.2 Å². The Labute approximate surface area is 821 Å². The standard InChI is InChI=1S/C15H20ClNO3.C15H19F2NO3.C12H16ClNO.C12H15F2NO.C12H16FNO.2C10H19NO5S.C6H5ClO.C6H4F2O/c1-2-19-15(18)17-9-3-4-12(10-17)11-20-14-7-5-13(16)6-8-14;1-2-20-15(19)18-7-3-4-11(9-18)10-21-12-5-6-13(16)14(17)8-12;13-11-3-5-12(6-4-11)15-9-10-2-1-7-14-8-10;13-11-4-3-10(6-12(11)14)16-8-9-2-1-5-15-7-9;13-11-4-1-5-12(7-11)15-9-10-3-2-6-14-8-10;2*1-3-15-10(12)11-6-4-5-9(7-11)8-16-17(2,13)14;7-5-1-3-6(8)4-2-5;7-5-2-1-4(9)3-6(5)8/h5-8,12H,2-4,9-11H2,1H3;5-6,8,11H,2-4,7,9-10H2,1H3;3-6,10,14H,1-2,7-9H2;3-4,6,9,15H,1-2,5,7-8H2;1,4-5,7,10,14H,2-3,6,8-9H2;2*9H,3-8H2,1-2H3;1-4,8H;1-3,9H. The summed E-state index contributed by atoms with van der Waals surface area (Å²) < 4.78 is 189. The number of hydrogen-bond donors (Lipinski definition) is 5. The lowest BCUT2D eigenvalue weighted by atomic mass is 9.99. The molecule has 0 aromatic heterocycles. The normalized spacial score (nSPS) is 18.9. The summed E-state index contributed by atoms with van der Waals surface area (Å²) in [5, 5.41) is 29.3. The molecule has 14 rings (SSSR count). The van der Waals surface area contributed by atoms with Crippen LogP contribution in [0.1, 0.15) is 118 Å². The fourth-order valence-electron chi connectivity index (χ4n) is 14.7. The van der Waals surface area contributed by atoms with Crippen LogP contribution >= 0.6 is 34.8 Å². The molecule has 0 aliphatic carbocycles. The van der Waals surface area contributed by atoms with Gasteiger partial charge in [-0.3, -0.25) is 8.37 Å². The number of halogens is 10. The summed E-state index contributed by atoms with van der Waals surface area (Å²) in [6.07, 6.45) is 15.3. The largest absolute Gasteiger partial charge is 0.508 e. The van der Waals surface area contributed by atoms with Crippen LogP contribution in [0.4, 0.5) is 49.9 Å². The molecule has 28 nitrogen and oxygen atoms in total. The van der Waals surface area contributed by atoms with Crippen molar-refractivity contribution in [2.45, 2.75) is 118 Å². The molecule has 0 saturated carbocycles. The zero-order valence-electron chi connectivity index (χ0n) is 79.1. The van der Waals surface area contributed by atoms with E-state index in [0.717, 1.165) is 188 Å². The van der Waals surface area contributed by atoms with E-state index in [4.69, 9.17) is 96.0 Å². The Hall–Kier alpha value is -9.70.